The number of aromatic nitrogens is 1. The van der Waals surface area contributed by atoms with Crippen LogP contribution >= 0.6 is 39.1 Å². The minimum atomic E-state index is -0.216. The molecule has 0 N–H and O–H groups in total. The summed E-state index contributed by atoms with van der Waals surface area (Å²) in [5.74, 6) is 0.925. The van der Waals surface area contributed by atoms with E-state index in [2.05, 4.69) is 20.9 Å². The van der Waals surface area contributed by atoms with E-state index in [0.29, 0.717) is 51.4 Å². The standard InChI is InChI=1S/C23H20BrCl2NO4/c1-29-21-8-7-15(20(28)11-16-18(25)12-27-13-19(16)26)22(23(21)30-2)31-10-9-14-5-3-4-6-17(14)24/h3-8,12-13H,9-11H2,1-2H3. The Morgan fingerprint density at radius 2 is 1.71 bits per heavy atom. The van der Waals surface area contributed by atoms with Gasteiger partial charge in [0.05, 0.1) is 36.4 Å². The van der Waals surface area contributed by atoms with Crippen molar-refractivity contribution in [3.8, 4) is 17.2 Å². The van der Waals surface area contributed by atoms with Gasteiger partial charge in [0, 0.05) is 35.3 Å². The monoisotopic (exact) mass is 523 g/mol. The molecule has 0 fully saturated rings. The molecule has 1 heterocycles. The summed E-state index contributed by atoms with van der Waals surface area (Å²) >= 11 is 15.9. The molecule has 0 saturated heterocycles. The fourth-order valence-corrected chi connectivity index (χ4v) is 4.07. The zero-order valence-electron chi connectivity index (χ0n) is 17.0. The molecule has 0 radical (unpaired) electrons. The summed E-state index contributed by atoms with van der Waals surface area (Å²) < 4.78 is 17.9. The third kappa shape index (κ3) is 5.50. The van der Waals surface area contributed by atoms with Gasteiger partial charge in [0.25, 0.3) is 0 Å². The normalized spacial score (nSPS) is 10.6. The first-order chi connectivity index (χ1) is 15.0. The SMILES string of the molecule is COc1ccc(C(=O)Cc2c(Cl)cncc2Cl)c(OCCc2ccccc2Br)c1OC. The smallest absolute Gasteiger partial charge is 0.204 e. The van der Waals surface area contributed by atoms with Crippen LogP contribution in [0.1, 0.15) is 21.5 Å². The first kappa shape index (κ1) is 23.4. The lowest BCUT2D eigenvalue weighted by Gasteiger charge is -2.17. The molecule has 0 unspecified atom stereocenters. The maximum atomic E-state index is 13.2. The Morgan fingerprint density at radius 3 is 2.35 bits per heavy atom. The van der Waals surface area contributed by atoms with Crippen molar-refractivity contribution in [3.05, 3.63) is 80.0 Å². The molecular weight excluding hydrogens is 505 g/mol. The Hall–Kier alpha value is -2.28. The molecule has 0 saturated carbocycles. The minimum Gasteiger partial charge on any atom is -0.493 e. The predicted octanol–water partition coefficient (Wildman–Crippen LogP) is 6.22. The molecule has 162 valence electrons. The Kier molecular flexibility index (Phi) is 8.18. The zero-order valence-corrected chi connectivity index (χ0v) is 20.1. The predicted molar refractivity (Wildman–Crippen MR) is 125 cm³/mol. The van der Waals surface area contributed by atoms with E-state index in [0.717, 1.165) is 10.0 Å². The van der Waals surface area contributed by atoms with Crippen LogP contribution in [0.3, 0.4) is 0 Å². The quantitative estimate of drug-likeness (QED) is 0.311. The number of halogens is 3. The summed E-state index contributed by atoms with van der Waals surface area (Å²) in [6.07, 6.45) is 3.55. The van der Waals surface area contributed by atoms with Crippen LogP contribution in [0.25, 0.3) is 0 Å². The van der Waals surface area contributed by atoms with E-state index in [9.17, 15) is 4.79 Å². The summed E-state index contributed by atoms with van der Waals surface area (Å²) in [4.78, 5) is 17.1. The minimum absolute atomic E-state index is 0.00371. The van der Waals surface area contributed by atoms with E-state index in [4.69, 9.17) is 37.4 Å². The van der Waals surface area contributed by atoms with Gasteiger partial charge in [-0.3, -0.25) is 9.78 Å². The molecule has 0 aliphatic heterocycles. The molecule has 0 atom stereocenters. The largest absolute Gasteiger partial charge is 0.493 e. The lowest BCUT2D eigenvalue weighted by atomic mass is 10.0. The van der Waals surface area contributed by atoms with Crippen LogP contribution in [0.4, 0.5) is 0 Å². The number of hydrogen-bond acceptors (Lipinski definition) is 5. The molecule has 0 aliphatic rings. The van der Waals surface area contributed by atoms with Crippen LogP contribution in [0.15, 0.2) is 53.3 Å². The van der Waals surface area contributed by atoms with E-state index < -0.39 is 0 Å². The van der Waals surface area contributed by atoms with Crippen molar-refractivity contribution in [1.29, 1.82) is 0 Å². The molecule has 3 aromatic rings. The van der Waals surface area contributed by atoms with E-state index in [1.807, 2.05) is 24.3 Å². The van der Waals surface area contributed by atoms with Crippen molar-refractivity contribution in [2.24, 2.45) is 0 Å². The average Bonchev–Trinajstić information content (AvgIpc) is 2.77. The summed E-state index contributed by atoms with van der Waals surface area (Å²) in [5.41, 5.74) is 1.96. The van der Waals surface area contributed by atoms with Gasteiger partial charge < -0.3 is 14.2 Å². The maximum Gasteiger partial charge on any atom is 0.204 e. The second kappa shape index (κ2) is 10.8. The fraction of sp³-hybridized carbons (Fsp3) is 0.217. The van der Waals surface area contributed by atoms with Crippen molar-refractivity contribution in [1.82, 2.24) is 4.98 Å². The van der Waals surface area contributed by atoms with Gasteiger partial charge in [0.1, 0.15) is 0 Å². The zero-order chi connectivity index (χ0) is 22.4. The molecule has 5 nitrogen and oxygen atoms in total. The number of carbonyl (C=O) groups is 1. The third-order valence-corrected chi connectivity index (χ3v) is 6.09. The number of ketones is 1. The van der Waals surface area contributed by atoms with Crippen LogP contribution in [0, 0.1) is 0 Å². The van der Waals surface area contributed by atoms with Gasteiger partial charge in [0.15, 0.2) is 17.3 Å². The molecular formula is C23H20BrCl2NO4. The maximum absolute atomic E-state index is 13.2. The Bertz CT molecular complexity index is 1070. The Labute approximate surface area is 199 Å². The van der Waals surface area contributed by atoms with E-state index >= 15 is 0 Å². The van der Waals surface area contributed by atoms with Gasteiger partial charge >= 0.3 is 0 Å². The number of benzene rings is 2. The number of rotatable bonds is 9. The highest BCUT2D eigenvalue weighted by molar-refractivity contribution is 9.10. The molecule has 1 aromatic heterocycles. The Balaban J connectivity index is 1.90. The molecule has 2 aromatic carbocycles. The number of ether oxygens (including phenoxy) is 3. The van der Waals surface area contributed by atoms with Crippen LogP contribution < -0.4 is 14.2 Å². The molecule has 8 heteroatoms. The van der Waals surface area contributed by atoms with Gasteiger partial charge in [-0.15, -0.1) is 0 Å². The number of nitrogens with zero attached hydrogens (tertiary/aromatic N) is 1. The van der Waals surface area contributed by atoms with Crippen LogP contribution in [-0.4, -0.2) is 31.6 Å². The first-order valence-corrected chi connectivity index (χ1v) is 10.9. The van der Waals surface area contributed by atoms with Crippen molar-refractivity contribution >= 4 is 44.9 Å². The van der Waals surface area contributed by atoms with E-state index in [1.54, 1.807) is 12.1 Å². The third-order valence-electron chi connectivity index (χ3n) is 4.67. The van der Waals surface area contributed by atoms with Crippen molar-refractivity contribution < 1.29 is 19.0 Å². The van der Waals surface area contributed by atoms with Gasteiger partial charge in [-0.05, 0) is 23.8 Å². The van der Waals surface area contributed by atoms with Crippen LogP contribution in [0.2, 0.25) is 10.0 Å². The number of pyridine rings is 1. The lowest BCUT2D eigenvalue weighted by molar-refractivity contribution is 0.0988. The second-order valence-corrected chi connectivity index (χ2v) is 8.22. The molecule has 0 spiro atoms. The lowest BCUT2D eigenvalue weighted by Crippen LogP contribution is -2.11. The van der Waals surface area contributed by atoms with E-state index in [1.165, 1.54) is 26.6 Å². The molecule has 0 amide bonds. The second-order valence-electron chi connectivity index (χ2n) is 6.55. The van der Waals surface area contributed by atoms with Crippen LogP contribution in [0.5, 0.6) is 17.2 Å². The van der Waals surface area contributed by atoms with Crippen molar-refractivity contribution in [3.63, 3.8) is 0 Å². The first-order valence-electron chi connectivity index (χ1n) is 9.38. The molecule has 31 heavy (non-hydrogen) atoms. The van der Waals surface area contributed by atoms with Crippen molar-refractivity contribution in [2.45, 2.75) is 12.8 Å². The molecule has 0 bridgehead atoms. The van der Waals surface area contributed by atoms with Crippen molar-refractivity contribution in [2.75, 3.05) is 20.8 Å². The summed E-state index contributed by atoms with van der Waals surface area (Å²) in [6, 6.07) is 11.2. The number of methoxy groups -OCH3 is 2. The summed E-state index contributed by atoms with van der Waals surface area (Å²) in [6.45, 7) is 0.336. The average molecular weight is 525 g/mol. The van der Waals surface area contributed by atoms with E-state index in [-0.39, 0.29) is 12.2 Å². The molecule has 0 aliphatic carbocycles. The highest BCUT2D eigenvalue weighted by Crippen LogP contribution is 2.41. The van der Waals surface area contributed by atoms with Gasteiger partial charge in [-0.25, -0.2) is 0 Å². The van der Waals surface area contributed by atoms with Gasteiger partial charge in [0.2, 0.25) is 5.75 Å². The Morgan fingerprint density at radius 1 is 1.00 bits per heavy atom. The fourth-order valence-electron chi connectivity index (χ4n) is 3.09. The summed E-state index contributed by atoms with van der Waals surface area (Å²) in [5, 5.41) is 0.662. The topological polar surface area (TPSA) is 57.7 Å². The summed E-state index contributed by atoms with van der Waals surface area (Å²) in [7, 11) is 3.03. The van der Waals surface area contributed by atoms with Crippen LogP contribution in [-0.2, 0) is 12.8 Å². The van der Waals surface area contributed by atoms with Gasteiger partial charge in [-0.1, -0.05) is 57.3 Å². The number of carbonyl (C=O) groups excluding carboxylic acids is 1. The number of hydrogen-bond donors (Lipinski definition) is 0. The highest BCUT2D eigenvalue weighted by Gasteiger charge is 2.23. The number of Topliss-reactive ketones (excluding diaryl/α,β-unsaturated/α-hetero) is 1. The molecule has 3 rings (SSSR count). The van der Waals surface area contributed by atoms with Gasteiger partial charge in [-0.2, -0.15) is 0 Å². The highest BCUT2D eigenvalue weighted by atomic mass is 79.9.